The summed E-state index contributed by atoms with van der Waals surface area (Å²) in [5.41, 5.74) is -0.358. The molecule has 2 aromatic rings. The Balaban J connectivity index is 2.07. The summed E-state index contributed by atoms with van der Waals surface area (Å²) >= 11 is 0. The molecule has 1 N–H and O–H groups in total. The fraction of sp³-hybridized carbons (Fsp3) is 0.308. The van der Waals surface area contributed by atoms with Crippen LogP contribution in [0.15, 0.2) is 28.8 Å². The van der Waals surface area contributed by atoms with Gasteiger partial charge in [0.05, 0.1) is 18.4 Å². The maximum Gasteiger partial charge on any atom is 0.416 e. The van der Waals surface area contributed by atoms with E-state index in [0.29, 0.717) is 5.56 Å². The molecule has 0 bridgehead atoms. The predicted molar refractivity (Wildman–Crippen MR) is 64.5 cm³/mol. The third-order valence-electron chi connectivity index (χ3n) is 2.68. The van der Waals surface area contributed by atoms with Crippen LogP contribution in [0, 0.1) is 0 Å². The zero-order valence-electron chi connectivity index (χ0n) is 10.7. The average Bonchev–Trinajstić information content (AvgIpc) is 2.83. The molecular formula is C13H11F3N2O3. The van der Waals surface area contributed by atoms with Crippen LogP contribution in [0.1, 0.15) is 29.3 Å². The van der Waals surface area contributed by atoms with E-state index in [2.05, 4.69) is 10.1 Å². The lowest BCUT2D eigenvalue weighted by Gasteiger charge is -2.07. The predicted octanol–water partition coefficient (Wildman–Crippen LogP) is 2.70. The summed E-state index contributed by atoms with van der Waals surface area (Å²) in [5.74, 6) is -0.617. The third-order valence-corrected chi connectivity index (χ3v) is 2.68. The Morgan fingerprint density at radius 3 is 2.76 bits per heavy atom. The number of rotatable bonds is 5. The van der Waals surface area contributed by atoms with Crippen molar-refractivity contribution in [1.29, 1.82) is 0 Å². The van der Waals surface area contributed by atoms with Gasteiger partial charge in [-0.2, -0.15) is 18.2 Å². The smallest absolute Gasteiger partial charge is 0.416 e. The van der Waals surface area contributed by atoms with Gasteiger partial charge in [-0.25, -0.2) is 0 Å². The van der Waals surface area contributed by atoms with Crippen molar-refractivity contribution in [2.24, 2.45) is 0 Å². The van der Waals surface area contributed by atoms with Gasteiger partial charge in [0.25, 0.3) is 0 Å². The topological polar surface area (TPSA) is 76.2 Å². The zero-order chi connectivity index (χ0) is 15.5. The molecule has 0 unspecified atom stereocenters. The first kappa shape index (κ1) is 15.0. The van der Waals surface area contributed by atoms with Crippen molar-refractivity contribution in [3.05, 3.63) is 47.1 Å². The van der Waals surface area contributed by atoms with Crippen molar-refractivity contribution in [3.63, 3.8) is 0 Å². The Labute approximate surface area is 117 Å². The van der Waals surface area contributed by atoms with Gasteiger partial charge in [-0.15, -0.1) is 0 Å². The van der Waals surface area contributed by atoms with Crippen molar-refractivity contribution in [3.8, 4) is 0 Å². The van der Waals surface area contributed by atoms with E-state index < -0.39 is 17.7 Å². The average molecular weight is 300 g/mol. The molecule has 0 radical (unpaired) electrons. The van der Waals surface area contributed by atoms with Crippen LogP contribution in [0.25, 0.3) is 0 Å². The van der Waals surface area contributed by atoms with E-state index in [1.165, 1.54) is 12.1 Å². The molecule has 2 rings (SSSR count). The van der Waals surface area contributed by atoms with E-state index >= 15 is 0 Å². The SMILES string of the molecule is O=C(O)CCc1noc(Cc2cccc(C(F)(F)F)c2)n1. The Morgan fingerprint density at radius 1 is 1.33 bits per heavy atom. The zero-order valence-corrected chi connectivity index (χ0v) is 10.7. The summed E-state index contributed by atoms with van der Waals surface area (Å²) in [6, 6.07) is 4.83. The number of aromatic nitrogens is 2. The molecule has 1 aromatic carbocycles. The number of hydrogen-bond acceptors (Lipinski definition) is 4. The maximum atomic E-state index is 12.6. The largest absolute Gasteiger partial charge is 0.481 e. The molecule has 0 saturated carbocycles. The quantitative estimate of drug-likeness (QED) is 0.918. The number of halogens is 3. The number of nitrogens with zero attached hydrogens (tertiary/aromatic N) is 2. The van der Waals surface area contributed by atoms with Gasteiger partial charge in [0.1, 0.15) is 0 Å². The van der Waals surface area contributed by atoms with Crippen molar-refractivity contribution in [1.82, 2.24) is 10.1 Å². The normalized spacial score (nSPS) is 11.6. The number of alkyl halides is 3. The molecule has 0 aliphatic rings. The molecule has 112 valence electrons. The Bertz CT molecular complexity index is 638. The second-order valence-electron chi connectivity index (χ2n) is 4.37. The van der Waals surface area contributed by atoms with Crippen molar-refractivity contribution >= 4 is 5.97 Å². The Morgan fingerprint density at radius 2 is 2.10 bits per heavy atom. The first-order valence-electron chi connectivity index (χ1n) is 6.04. The van der Waals surface area contributed by atoms with E-state index in [4.69, 9.17) is 9.63 Å². The van der Waals surface area contributed by atoms with E-state index in [1.807, 2.05) is 0 Å². The number of aryl methyl sites for hydroxylation is 1. The highest BCUT2D eigenvalue weighted by Crippen LogP contribution is 2.29. The summed E-state index contributed by atoms with van der Waals surface area (Å²) < 4.78 is 42.6. The minimum Gasteiger partial charge on any atom is -0.481 e. The molecule has 8 heteroatoms. The van der Waals surface area contributed by atoms with E-state index in [-0.39, 0.29) is 31.0 Å². The van der Waals surface area contributed by atoms with Gasteiger partial charge in [-0.05, 0) is 11.6 Å². The van der Waals surface area contributed by atoms with Gasteiger partial charge in [-0.1, -0.05) is 23.4 Å². The van der Waals surface area contributed by atoms with Crippen LogP contribution in [0.3, 0.4) is 0 Å². The number of aliphatic carboxylic acids is 1. The van der Waals surface area contributed by atoms with E-state index in [9.17, 15) is 18.0 Å². The molecule has 0 aliphatic heterocycles. The maximum absolute atomic E-state index is 12.6. The highest BCUT2D eigenvalue weighted by atomic mass is 19.4. The molecule has 21 heavy (non-hydrogen) atoms. The monoisotopic (exact) mass is 300 g/mol. The minimum atomic E-state index is -4.41. The highest BCUT2D eigenvalue weighted by Gasteiger charge is 2.30. The standard InChI is InChI=1S/C13H11F3N2O3/c14-13(15,16)9-3-1-2-8(6-9)7-11-17-10(18-21-11)4-5-12(19)20/h1-3,6H,4-5,7H2,(H,19,20). The first-order chi connectivity index (χ1) is 9.84. The summed E-state index contributed by atoms with van der Waals surface area (Å²) in [6.07, 6.45) is -4.37. The Hall–Kier alpha value is -2.38. The van der Waals surface area contributed by atoms with Crippen LogP contribution in [0.5, 0.6) is 0 Å². The number of carboxylic acids is 1. The molecule has 5 nitrogen and oxygen atoms in total. The molecular weight excluding hydrogens is 289 g/mol. The van der Waals surface area contributed by atoms with Gasteiger partial charge < -0.3 is 9.63 Å². The van der Waals surface area contributed by atoms with E-state index in [1.54, 1.807) is 0 Å². The molecule has 0 aliphatic carbocycles. The lowest BCUT2D eigenvalue weighted by Crippen LogP contribution is -2.05. The molecule has 0 fully saturated rings. The molecule has 1 heterocycles. The molecule has 0 spiro atoms. The lowest BCUT2D eigenvalue weighted by molar-refractivity contribution is -0.138. The van der Waals surface area contributed by atoms with Crippen LogP contribution >= 0.6 is 0 Å². The van der Waals surface area contributed by atoms with Gasteiger partial charge in [0.2, 0.25) is 5.89 Å². The van der Waals surface area contributed by atoms with Crippen LogP contribution in [0.4, 0.5) is 13.2 Å². The van der Waals surface area contributed by atoms with Crippen LogP contribution in [0.2, 0.25) is 0 Å². The minimum absolute atomic E-state index is 0.0595. The lowest BCUT2D eigenvalue weighted by atomic mass is 10.1. The van der Waals surface area contributed by atoms with Gasteiger partial charge in [0, 0.05) is 6.42 Å². The number of hydrogen-bond donors (Lipinski definition) is 1. The van der Waals surface area contributed by atoms with Gasteiger partial charge in [0.15, 0.2) is 5.82 Å². The van der Waals surface area contributed by atoms with Gasteiger partial charge >= 0.3 is 12.1 Å². The summed E-state index contributed by atoms with van der Waals surface area (Å²) in [6.45, 7) is 0. The summed E-state index contributed by atoms with van der Waals surface area (Å²) in [7, 11) is 0. The second kappa shape index (κ2) is 5.94. The fourth-order valence-electron chi connectivity index (χ4n) is 1.71. The van der Waals surface area contributed by atoms with E-state index in [0.717, 1.165) is 12.1 Å². The highest BCUT2D eigenvalue weighted by molar-refractivity contribution is 5.66. The van der Waals surface area contributed by atoms with Crippen molar-refractivity contribution in [2.45, 2.75) is 25.4 Å². The number of benzene rings is 1. The van der Waals surface area contributed by atoms with Crippen molar-refractivity contribution in [2.75, 3.05) is 0 Å². The summed E-state index contributed by atoms with van der Waals surface area (Å²) in [5, 5.41) is 12.1. The molecule has 0 saturated heterocycles. The fourth-order valence-corrected chi connectivity index (χ4v) is 1.71. The van der Waals surface area contributed by atoms with Gasteiger partial charge in [-0.3, -0.25) is 4.79 Å². The second-order valence-corrected chi connectivity index (χ2v) is 4.37. The molecule has 0 amide bonds. The number of carboxylic acid groups (broad SMARTS) is 1. The van der Waals surface area contributed by atoms with Crippen LogP contribution in [-0.2, 0) is 23.8 Å². The first-order valence-corrected chi connectivity index (χ1v) is 6.04. The molecule has 0 atom stereocenters. The molecule has 1 aromatic heterocycles. The number of carbonyl (C=O) groups is 1. The van der Waals surface area contributed by atoms with Crippen LogP contribution < -0.4 is 0 Å². The third kappa shape index (κ3) is 4.30. The van der Waals surface area contributed by atoms with Crippen LogP contribution in [-0.4, -0.2) is 21.2 Å². The Kier molecular flexibility index (Phi) is 4.25. The van der Waals surface area contributed by atoms with Crippen molar-refractivity contribution < 1.29 is 27.6 Å². The summed E-state index contributed by atoms with van der Waals surface area (Å²) in [4.78, 5) is 14.4.